The van der Waals surface area contributed by atoms with E-state index in [-0.39, 0.29) is 37.2 Å². The number of benzene rings is 2. The highest BCUT2D eigenvalue weighted by molar-refractivity contribution is 7.89. The maximum absolute atomic E-state index is 12.5. The van der Waals surface area contributed by atoms with Crippen molar-refractivity contribution in [2.45, 2.75) is 33.6 Å². The summed E-state index contributed by atoms with van der Waals surface area (Å²) in [6, 6.07) is 12.7. The molecule has 184 valence electrons. The Balaban J connectivity index is 2.03. The Labute approximate surface area is 207 Å². The molecule has 34 heavy (non-hydrogen) atoms. The van der Waals surface area contributed by atoms with Gasteiger partial charge < -0.3 is 9.47 Å². The third-order valence-electron chi connectivity index (χ3n) is 4.74. The first-order valence-electron chi connectivity index (χ1n) is 11.0. The zero-order chi connectivity index (χ0) is 25.1. The van der Waals surface area contributed by atoms with Crippen molar-refractivity contribution >= 4 is 27.5 Å². The summed E-state index contributed by atoms with van der Waals surface area (Å²) < 4.78 is 35.2. The fourth-order valence-electron chi connectivity index (χ4n) is 2.93. The van der Waals surface area contributed by atoms with E-state index in [4.69, 9.17) is 21.1 Å². The van der Waals surface area contributed by atoms with Crippen molar-refractivity contribution in [3.8, 4) is 23.3 Å². The lowest BCUT2D eigenvalue weighted by molar-refractivity contribution is -0.133. The van der Waals surface area contributed by atoms with E-state index in [2.05, 4.69) is 16.7 Å². The molecule has 0 spiro atoms. The summed E-state index contributed by atoms with van der Waals surface area (Å²) in [5.74, 6) is 6.75. The van der Waals surface area contributed by atoms with E-state index >= 15 is 0 Å². The molecule has 0 aromatic heterocycles. The van der Waals surface area contributed by atoms with Gasteiger partial charge in [0.05, 0.1) is 12.9 Å². The fraction of sp³-hybridized carbons (Fsp3) is 0.400. The van der Waals surface area contributed by atoms with Gasteiger partial charge in [-0.1, -0.05) is 43.4 Å². The van der Waals surface area contributed by atoms with Crippen LogP contribution in [0.3, 0.4) is 0 Å². The van der Waals surface area contributed by atoms with Crippen LogP contribution in [-0.2, 0) is 21.2 Å². The number of hydrogen-bond acceptors (Lipinski definition) is 5. The van der Waals surface area contributed by atoms with Gasteiger partial charge in [-0.15, -0.1) is 4.83 Å². The summed E-state index contributed by atoms with van der Waals surface area (Å²) in [5.41, 5.74) is 1.71. The van der Waals surface area contributed by atoms with Gasteiger partial charge >= 0.3 is 0 Å². The number of hydrazine groups is 1. The van der Waals surface area contributed by atoms with Gasteiger partial charge in [0.25, 0.3) is 0 Å². The normalized spacial score (nSPS) is 11.0. The first-order valence-corrected chi connectivity index (χ1v) is 13.0. The summed E-state index contributed by atoms with van der Waals surface area (Å²) in [7, 11) is -2.03. The molecule has 7 nitrogen and oxygen atoms in total. The van der Waals surface area contributed by atoms with Crippen LogP contribution >= 0.6 is 11.6 Å². The molecule has 2 aromatic carbocycles. The van der Waals surface area contributed by atoms with Gasteiger partial charge in [0, 0.05) is 23.6 Å². The molecule has 0 heterocycles. The molecule has 1 N–H and O–H groups in total. The molecule has 9 heteroatoms. The number of nitrogens with one attached hydrogen (secondary N) is 1. The quantitative estimate of drug-likeness (QED) is 0.367. The number of amides is 1. The van der Waals surface area contributed by atoms with E-state index in [0.29, 0.717) is 22.9 Å². The van der Waals surface area contributed by atoms with Crippen molar-refractivity contribution < 1.29 is 22.7 Å². The van der Waals surface area contributed by atoms with Crippen LogP contribution in [0.1, 0.15) is 38.3 Å². The molecule has 0 fully saturated rings. The highest BCUT2D eigenvalue weighted by Gasteiger charge is 2.20. The first kappa shape index (κ1) is 27.5. The second kappa shape index (κ2) is 13.2. The zero-order valence-corrected chi connectivity index (χ0v) is 21.5. The molecule has 0 atom stereocenters. The molecule has 0 radical (unpaired) electrons. The number of methoxy groups -OCH3 is 1. The number of nitrogens with zero attached hydrogens (tertiary/aromatic N) is 1. The highest BCUT2D eigenvalue weighted by Crippen LogP contribution is 2.28. The third-order valence-corrected chi connectivity index (χ3v) is 6.25. The zero-order valence-electron chi connectivity index (χ0n) is 19.9. The van der Waals surface area contributed by atoms with Crippen LogP contribution in [0.5, 0.6) is 11.5 Å². The fourth-order valence-corrected chi connectivity index (χ4v) is 3.71. The molecule has 0 bridgehead atoms. The maximum Gasteiger partial charge on any atom is 0.237 e. The minimum atomic E-state index is -3.57. The molecule has 2 aromatic rings. The van der Waals surface area contributed by atoms with E-state index in [1.54, 1.807) is 31.4 Å². The number of rotatable bonds is 11. The number of sulfonamides is 1. The van der Waals surface area contributed by atoms with Crippen LogP contribution < -0.4 is 14.3 Å². The van der Waals surface area contributed by atoms with Crippen LogP contribution in [-0.4, -0.2) is 45.3 Å². The topological polar surface area (TPSA) is 84.9 Å². The number of carbonyl (C=O) groups excluding carboxylic acids is 1. The van der Waals surface area contributed by atoms with Crippen LogP contribution in [0.4, 0.5) is 0 Å². The van der Waals surface area contributed by atoms with Crippen molar-refractivity contribution in [1.29, 1.82) is 0 Å². The Kier molecular flexibility index (Phi) is 10.7. The first-order chi connectivity index (χ1) is 16.1. The van der Waals surface area contributed by atoms with E-state index in [9.17, 15) is 13.2 Å². The summed E-state index contributed by atoms with van der Waals surface area (Å²) in [6.07, 6.45) is 0.683. The third kappa shape index (κ3) is 9.26. The Hall–Kier alpha value is -2.73. The Morgan fingerprint density at radius 3 is 2.47 bits per heavy atom. The Morgan fingerprint density at radius 1 is 1.15 bits per heavy atom. The lowest BCUT2D eigenvalue weighted by Crippen LogP contribution is -2.47. The largest absolute Gasteiger partial charge is 0.493 e. The van der Waals surface area contributed by atoms with Crippen LogP contribution in [0.2, 0.25) is 5.02 Å². The van der Waals surface area contributed by atoms with Crippen molar-refractivity contribution in [1.82, 2.24) is 9.84 Å². The molecule has 0 aliphatic heterocycles. The van der Waals surface area contributed by atoms with Gasteiger partial charge in [-0.05, 0) is 61.2 Å². The number of ether oxygens (including phenoxy) is 2. The summed E-state index contributed by atoms with van der Waals surface area (Å²) in [5, 5.41) is 1.84. The Bertz CT molecular complexity index is 1120. The highest BCUT2D eigenvalue weighted by atomic mass is 35.5. The molecule has 1 amide bonds. The predicted molar refractivity (Wildman–Crippen MR) is 134 cm³/mol. The standard InChI is InChI=1S/C25H31ClN2O5S/c1-5-34(30,31)27-28(25(29)17-19(2)3)15-14-21-10-13-23(24(18-21)32-4)33-16-6-7-20-8-11-22(26)12-9-20/h8-13,18-19,27H,5,14-17H2,1-4H3. The van der Waals surface area contributed by atoms with Gasteiger partial charge in [0.1, 0.15) is 6.61 Å². The second-order valence-corrected chi connectivity index (χ2v) is 10.4. The number of carbonyl (C=O) groups is 1. The van der Waals surface area contributed by atoms with E-state index < -0.39 is 10.0 Å². The molecule has 0 aliphatic rings. The van der Waals surface area contributed by atoms with Crippen LogP contribution in [0.25, 0.3) is 0 Å². The summed E-state index contributed by atoms with van der Waals surface area (Å²) in [6.45, 7) is 5.72. The second-order valence-electron chi connectivity index (χ2n) is 7.97. The van der Waals surface area contributed by atoms with Crippen molar-refractivity contribution in [2.24, 2.45) is 5.92 Å². The molecular weight excluding hydrogens is 476 g/mol. The summed E-state index contributed by atoms with van der Waals surface area (Å²) >= 11 is 5.87. The number of halogens is 1. The molecule has 0 saturated heterocycles. The predicted octanol–water partition coefficient (Wildman–Crippen LogP) is 4.05. The average molecular weight is 507 g/mol. The van der Waals surface area contributed by atoms with E-state index in [1.807, 2.05) is 32.0 Å². The molecular formula is C25H31ClN2O5S. The van der Waals surface area contributed by atoms with Gasteiger partial charge in [0.15, 0.2) is 11.5 Å². The van der Waals surface area contributed by atoms with Crippen molar-refractivity contribution in [3.63, 3.8) is 0 Å². The Morgan fingerprint density at radius 2 is 1.85 bits per heavy atom. The van der Waals surface area contributed by atoms with Crippen molar-refractivity contribution in [3.05, 3.63) is 58.6 Å². The van der Waals surface area contributed by atoms with Gasteiger partial charge in [-0.25, -0.2) is 8.42 Å². The molecule has 0 aliphatic carbocycles. The van der Waals surface area contributed by atoms with Crippen LogP contribution in [0, 0.1) is 17.8 Å². The van der Waals surface area contributed by atoms with E-state index in [0.717, 1.165) is 11.1 Å². The van der Waals surface area contributed by atoms with Crippen molar-refractivity contribution in [2.75, 3.05) is 26.0 Å². The minimum absolute atomic E-state index is 0.112. The van der Waals surface area contributed by atoms with E-state index in [1.165, 1.54) is 11.9 Å². The molecule has 0 saturated carbocycles. The monoisotopic (exact) mass is 506 g/mol. The van der Waals surface area contributed by atoms with Gasteiger partial charge in [-0.2, -0.15) is 0 Å². The summed E-state index contributed by atoms with van der Waals surface area (Å²) in [4.78, 5) is 14.9. The van der Waals surface area contributed by atoms with Gasteiger partial charge in [-0.3, -0.25) is 9.80 Å². The lowest BCUT2D eigenvalue weighted by atomic mass is 10.1. The molecule has 0 unspecified atom stereocenters. The smallest absolute Gasteiger partial charge is 0.237 e. The van der Waals surface area contributed by atoms with Gasteiger partial charge in [0.2, 0.25) is 15.9 Å². The average Bonchev–Trinajstić information content (AvgIpc) is 2.80. The SMILES string of the molecule is CCS(=O)(=O)NN(CCc1ccc(OCC#Cc2ccc(Cl)cc2)c(OC)c1)C(=O)CC(C)C. The van der Waals surface area contributed by atoms with Crippen LogP contribution in [0.15, 0.2) is 42.5 Å². The minimum Gasteiger partial charge on any atom is -0.493 e. The lowest BCUT2D eigenvalue weighted by Gasteiger charge is -2.24. The maximum atomic E-state index is 12.5. The number of hydrogen-bond donors (Lipinski definition) is 1. The molecule has 2 rings (SSSR count).